The number of carbonyl (C=O) groups excluding carboxylic acids is 1. The van der Waals surface area contributed by atoms with Crippen LogP contribution in [0, 0.1) is 11.8 Å². The van der Waals surface area contributed by atoms with Crippen LogP contribution in [0.25, 0.3) is 0 Å². The highest BCUT2D eigenvalue weighted by atomic mass is 16.5. The van der Waals surface area contributed by atoms with Crippen LogP contribution >= 0.6 is 0 Å². The van der Waals surface area contributed by atoms with E-state index in [0.29, 0.717) is 29.9 Å². The van der Waals surface area contributed by atoms with Gasteiger partial charge in [0.1, 0.15) is 0 Å². The SMILES string of the molecule is CC(C)[C@](C)(CO)NC(=O)c1ncc(C2CC2)cc1OCC1CC1. The molecule has 24 heavy (non-hydrogen) atoms. The number of rotatable bonds is 8. The second kappa shape index (κ2) is 6.71. The molecule has 5 heteroatoms. The molecule has 2 N–H and O–H groups in total. The van der Waals surface area contributed by atoms with Gasteiger partial charge in [0.05, 0.1) is 18.8 Å². The first kappa shape index (κ1) is 17.2. The first-order valence-corrected chi connectivity index (χ1v) is 8.99. The molecule has 1 amide bonds. The summed E-state index contributed by atoms with van der Waals surface area (Å²) in [5.74, 6) is 1.58. The van der Waals surface area contributed by atoms with E-state index in [0.717, 1.165) is 5.56 Å². The number of nitrogens with zero attached hydrogens (tertiary/aromatic N) is 1. The summed E-state index contributed by atoms with van der Waals surface area (Å²) in [6, 6.07) is 1.98. The Balaban J connectivity index is 1.80. The lowest BCUT2D eigenvalue weighted by atomic mass is 9.89. The number of carbonyl (C=O) groups is 1. The Morgan fingerprint density at radius 2 is 2.12 bits per heavy atom. The van der Waals surface area contributed by atoms with Crippen LogP contribution < -0.4 is 10.1 Å². The molecule has 2 aliphatic rings. The average molecular weight is 332 g/mol. The van der Waals surface area contributed by atoms with Crippen LogP contribution in [0.15, 0.2) is 12.3 Å². The van der Waals surface area contributed by atoms with Gasteiger partial charge in [0.15, 0.2) is 11.4 Å². The molecule has 5 nitrogen and oxygen atoms in total. The van der Waals surface area contributed by atoms with Gasteiger partial charge < -0.3 is 15.2 Å². The summed E-state index contributed by atoms with van der Waals surface area (Å²) < 4.78 is 5.92. The second-order valence-electron chi connectivity index (χ2n) is 7.83. The van der Waals surface area contributed by atoms with Crippen molar-refractivity contribution in [3.63, 3.8) is 0 Å². The van der Waals surface area contributed by atoms with Crippen molar-refractivity contribution in [1.82, 2.24) is 10.3 Å². The number of hydrogen-bond acceptors (Lipinski definition) is 4. The number of hydrogen-bond donors (Lipinski definition) is 2. The topological polar surface area (TPSA) is 71.5 Å². The van der Waals surface area contributed by atoms with Crippen LogP contribution in [0.4, 0.5) is 0 Å². The van der Waals surface area contributed by atoms with E-state index in [1.807, 2.05) is 26.8 Å². The minimum Gasteiger partial charge on any atom is -0.491 e. The Kier molecular flexibility index (Phi) is 4.81. The molecule has 0 bridgehead atoms. The zero-order valence-corrected chi connectivity index (χ0v) is 14.8. The third kappa shape index (κ3) is 3.89. The standard InChI is InChI=1S/C19H28N2O3/c1-12(2)19(3,11-22)21-18(23)17-16(24-10-13-4-5-13)8-15(9-20-17)14-6-7-14/h8-9,12-14,22H,4-7,10-11H2,1-3H3,(H,21,23)/t19-/m0/s1. The molecule has 2 aliphatic carbocycles. The molecule has 0 saturated heterocycles. The van der Waals surface area contributed by atoms with E-state index in [9.17, 15) is 9.90 Å². The van der Waals surface area contributed by atoms with Crippen LogP contribution in [0.5, 0.6) is 5.75 Å². The van der Waals surface area contributed by atoms with Gasteiger partial charge in [-0.3, -0.25) is 4.79 Å². The third-order valence-electron chi connectivity index (χ3n) is 5.31. The van der Waals surface area contributed by atoms with E-state index in [2.05, 4.69) is 10.3 Å². The molecule has 0 radical (unpaired) electrons. The van der Waals surface area contributed by atoms with Crippen LogP contribution in [-0.2, 0) is 0 Å². The van der Waals surface area contributed by atoms with Gasteiger partial charge in [-0.2, -0.15) is 0 Å². The van der Waals surface area contributed by atoms with Crippen LogP contribution in [0.2, 0.25) is 0 Å². The van der Waals surface area contributed by atoms with Crippen molar-refractivity contribution in [3.05, 3.63) is 23.5 Å². The minimum absolute atomic E-state index is 0.105. The molecular weight excluding hydrogens is 304 g/mol. The monoisotopic (exact) mass is 332 g/mol. The largest absolute Gasteiger partial charge is 0.491 e. The Morgan fingerprint density at radius 1 is 1.42 bits per heavy atom. The summed E-state index contributed by atoms with van der Waals surface area (Å²) in [6.07, 6.45) is 6.57. The molecule has 0 aromatic carbocycles. The fraction of sp³-hybridized carbons (Fsp3) is 0.684. The van der Waals surface area contributed by atoms with Gasteiger partial charge in [0.25, 0.3) is 5.91 Å². The van der Waals surface area contributed by atoms with E-state index in [1.54, 1.807) is 6.20 Å². The quantitative estimate of drug-likeness (QED) is 0.768. The first-order chi connectivity index (χ1) is 11.4. The maximum Gasteiger partial charge on any atom is 0.274 e. The number of aromatic nitrogens is 1. The first-order valence-electron chi connectivity index (χ1n) is 8.99. The highest BCUT2D eigenvalue weighted by Crippen LogP contribution is 2.41. The summed E-state index contributed by atoms with van der Waals surface area (Å²) in [7, 11) is 0. The number of pyridine rings is 1. The van der Waals surface area contributed by atoms with Crippen molar-refractivity contribution in [3.8, 4) is 5.75 Å². The van der Waals surface area contributed by atoms with Crippen molar-refractivity contribution in [1.29, 1.82) is 0 Å². The normalized spacial score (nSPS) is 19.9. The predicted molar refractivity (Wildman–Crippen MR) is 92.2 cm³/mol. The summed E-state index contributed by atoms with van der Waals surface area (Å²) >= 11 is 0. The molecule has 0 unspecified atom stereocenters. The lowest BCUT2D eigenvalue weighted by Gasteiger charge is -2.32. The summed E-state index contributed by atoms with van der Waals surface area (Å²) in [4.78, 5) is 17.1. The Labute approximate surface area is 143 Å². The average Bonchev–Trinajstić information content (AvgIpc) is 3.45. The smallest absolute Gasteiger partial charge is 0.274 e. The number of amides is 1. The van der Waals surface area contributed by atoms with E-state index >= 15 is 0 Å². The molecule has 2 saturated carbocycles. The van der Waals surface area contributed by atoms with Crippen molar-refractivity contribution in [2.45, 2.75) is 57.9 Å². The van der Waals surface area contributed by atoms with Crippen molar-refractivity contribution in [2.75, 3.05) is 13.2 Å². The zero-order chi connectivity index (χ0) is 17.3. The highest BCUT2D eigenvalue weighted by molar-refractivity contribution is 5.95. The molecule has 0 aliphatic heterocycles. The number of nitrogens with one attached hydrogen (secondary N) is 1. The summed E-state index contributed by atoms with van der Waals surface area (Å²) in [6.45, 7) is 6.33. The lowest BCUT2D eigenvalue weighted by Crippen LogP contribution is -2.53. The van der Waals surface area contributed by atoms with E-state index in [4.69, 9.17) is 4.74 Å². The molecule has 1 aromatic heterocycles. The maximum absolute atomic E-state index is 12.7. The Hall–Kier alpha value is -1.62. The predicted octanol–water partition coefficient (Wildman–Crippen LogP) is 2.88. The molecular formula is C19H28N2O3. The van der Waals surface area contributed by atoms with E-state index in [-0.39, 0.29) is 18.4 Å². The van der Waals surface area contributed by atoms with Gasteiger partial charge in [0, 0.05) is 6.20 Å². The van der Waals surface area contributed by atoms with Crippen LogP contribution in [0.3, 0.4) is 0 Å². The van der Waals surface area contributed by atoms with Crippen molar-refractivity contribution >= 4 is 5.91 Å². The van der Waals surface area contributed by atoms with Gasteiger partial charge in [-0.25, -0.2) is 4.98 Å². The molecule has 3 rings (SSSR count). The maximum atomic E-state index is 12.7. The van der Waals surface area contributed by atoms with Gasteiger partial charge in [-0.15, -0.1) is 0 Å². The molecule has 1 atom stereocenters. The van der Waals surface area contributed by atoms with Gasteiger partial charge in [-0.05, 0) is 62.0 Å². The van der Waals surface area contributed by atoms with Gasteiger partial charge >= 0.3 is 0 Å². The zero-order valence-electron chi connectivity index (χ0n) is 14.8. The van der Waals surface area contributed by atoms with Gasteiger partial charge in [0.2, 0.25) is 0 Å². The summed E-state index contributed by atoms with van der Waals surface area (Å²) in [5.41, 5.74) is 0.799. The molecule has 132 valence electrons. The number of aliphatic hydroxyl groups excluding tert-OH is 1. The van der Waals surface area contributed by atoms with Gasteiger partial charge in [-0.1, -0.05) is 13.8 Å². The fourth-order valence-corrected chi connectivity index (χ4v) is 2.56. The van der Waals surface area contributed by atoms with Crippen LogP contribution in [-0.4, -0.2) is 34.8 Å². The molecule has 1 heterocycles. The minimum atomic E-state index is -0.679. The number of aliphatic hydroxyl groups is 1. The Morgan fingerprint density at radius 3 is 2.67 bits per heavy atom. The van der Waals surface area contributed by atoms with Crippen LogP contribution in [0.1, 0.15) is 68.4 Å². The molecule has 1 aromatic rings. The van der Waals surface area contributed by atoms with Crippen molar-refractivity contribution in [2.24, 2.45) is 11.8 Å². The highest BCUT2D eigenvalue weighted by Gasteiger charge is 2.32. The third-order valence-corrected chi connectivity index (χ3v) is 5.31. The fourth-order valence-electron chi connectivity index (χ4n) is 2.56. The molecule has 2 fully saturated rings. The van der Waals surface area contributed by atoms with Crippen molar-refractivity contribution < 1.29 is 14.6 Å². The summed E-state index contributed by atoms with van der Waals surface area (Å²) in [5, 5.41) is 12.6. The van der Waals surface area contributed by atoms with E-state index < -0.39 is 5.54 Å². The Bertz CT molecular complexity index is 609. The van der Waals surface area contributed by atoms with E-state index in [1.165, 1.54) is 25.7 Å². The lowest BCUT2D eigenvalue weighted by molar-refractivity contribution is 0.0774. The second-order valence-corrected chi connectivity index (χ2v) is 7.83. The number of ether oxygens (including phenoxy) is 1. The molecule has 0 spiro atoms.